The van der Waals surface area contributed by atoms with Crippen LogP contribution in [0.5, 0.6) is 0 Å². The summed E-state index contributed by atoms with van der Waals surface area (Å²) in [5.41, 5.74) is 0.379. The summed E-state index contributed by atoms with van der Waals surface area (Å²) >= 11 is 1.88. The fourth-order valence-electron chi connectivity index (χ4n) is 2.70. The summed E-state index contributed by atoms with van der Waals surface area (Å²) < 4.78 is 0. The number of hydrogen-bond acceptors (Lipinski definition) is 2. The van der Waals surface area contributed by atoms with E-state index in [-0.39, 0.29) is 5.41 Å². The summed E-state index contributed by atoms with van der Waals surface area (Å²) in [5, 5.41) is 9.55. The lowest BCUT2D eigenvalue weighted by molar-refractivity contribution is 0.143. The molecular weight excluding hydrogens is 250 g/mol. The summed E-state index contributed by atoms with van der Waals surface area (Å²) in [6.07, 6.45) is 5.56. The van der Waals surface area contributed by atoms with Crippen LogP contribution in [0.4, 0.5) is 0 Å². The lowest BCUT2D eigenvalue weighted by Crippen LogP contribution is -2.30. The predicted molar refractivity (Wildman–Crippen MR) is 82.1 cm³/mol. The van der Waals surface area contributed by atoms with Gasteiger partial charge in [0.1, 0.15) is 0 Å². The molecule has 0 aliphatic heterocycles. The normalized spacial score (nSPS) is 20.7. The maximum atomic E-state index is 9.55. The Morgan fingerprint density at radius 2 is 1.74 bits per heavy atom. The molecule has 0 radical (unpaired) electrons. The predicted octanol–water partition coefficient (Wildman–Crippen LogP) is 5.28. The molecule has 0 atom stereocenters. The molecule has 1 aromatic carbocycles. The summed E-state index contributed by atoms with van der Waals surface area (Å²) in [7, 11) is 0. The SMILES string of the molecule is CC1(C)CCC(C#N)(CCSc2ccccc2)CC1. The van der Waals surface area contributed by atoms with Crippen molar-refractivity contribution in [3.05, 3.63) is 30.3 Å². The standard InChI is InChI=1S/C17H23NS/c1-16(2)8-10-17(14-18,11-9-16)12-13-19-15-6-4-3-5-7-15/h3-7H,8-13H2,1-2H3. The Labute approximate surface area is 121 Å². The first kappa shape index (κ1) is 14.5. The first-order valence-electron chi connectivity index (χ1n) is 7.14. The van der Waals surface area contributed by atoms with Crippen molar-refractivity contribution in [2.24, 2.45) is 10.8 Å². The van der Waals surface area contributed by atoms with Crippen LogP contribution in [-0.2, 0) is 0 Å². The van der Waals surface area contributed by atoms with E-state index < -0.39 is 0 Å². The lowest BCUT2D eigenvalue weighted by atomic mass is 9.65. The highest BCUT2D eigenvalue weighted by atomic mass is 32.2. The van der Waals surface area contributed by atoms with E-state index in [9.17, 15) is 5.26 Å². The van der Waals surface area contributed by atoms with Crippen molar-refractivity contribution >= 4 is 11.8 Å². The van der Waals surface area contributed by atoms with Gasteiger partial charge in [0.05, 0.1) is 11.5 Å². The summed E-state index contributed by atoms with van der Waals surface area (Å²) in [5.74, 6) is 1.05. The molecule has 102 valence electrons. The van der Waals surface area contributed by atoms with Crippen molar-refractivity contribution in [3.8, 4) is 6.07 Å². The van der Waals surface area contributed by atoms with E-state index in [4.69, 9.17) is 0 Å². The number of benzene rings is 1. The first-order chi connectivity index (χ1) is 9.05. The van der Waals surface area contributed by atoms with Gasteiger partial charge in [-0.1, -0.05) is 32.0 Å². The van der Waals surface area contributed by atoms with Crippen LogP contribution >= 0.6 is 11.8 Å². The van der Waals surface area contributed by atoms with Crippen molar-refractivity contribution in [2.75, 3.05) is 5.75 Å². The van der Waals surface area contributed by atoms with E-state index >= 15 is 0 Å². The van der Waals surface area contributed by atoms with Crippen LogP contribution in [-0.4, -0.2) is 5.75 Å². The molecule has 1 nitrogen and oxygen atoms in total. The maximum Gasteiger partial charge on any atom is 0.0690 e. The number of nitriles is 1. The van der Waals surface area contributed by atoms with Crippen LogP contribution in [0.15, 0.2) is 35.2 Å². The van der Waals surface area contributed by atoms with E-state index in [1.165, 1.54) is 17.7 Å². The monoisotopic (exact) mass is 273 g/mol. The molecule has 19 heavy (non-hydrogen) atoms. The Balaban J connectivity index is 1.85. The minimum absolute atomic E-state index is 0.0582. The van der Waals surface area contributed by atoms with Gasteiger partial charge in [0.15, 0.2) is 0 Å². The minimum Gasteiger partial charge on any atom is -0.198 e. The molecule has 2 heteroatoms. The maximum absolute atomic E-state index is 9.55. The van der Waals surface area contributed by atoms with E-state index in [1.54, 1.807) is 0 Å². The summed E-state index contributed by atoms with van der Waals surface area (Å²) in [6, 6.07) is 13.1. The van der Waals surface area contributed by atoms with E-state index in [0.29, 0.717) is 5.41 Å². The highest BCUT2D eigenvalue weighted by Gasteiger charge is 2.38. The second-order valence-electron chi connectivity index (χ2n) is 6.47. The molecule has 1 aromatic rings. The van der Waals surface area contributed by atoms with Crippen LogP contribution in [0, 0.1) is 22.2 Å². The molecule has 1 aliphatic carbocycles. The third kappa shape index (κ3) is 4.01. The molecule has 1 aliphatic rings. The van der Waals surface area contributed by atoms with Crippen molar-refractivity contribution in [1.82, 2.24) is 0 Å². The molecular formula is C17H23NS. The lowest BCUT2D eigenvalue weighted by Gasteiger charge is -2.39. The van der Waals surface area contributed by atoms with Crippen LogP contribution in [0.3, 0.4) is 0 Å². The average Bonchev–Trinajstić information content (AvgIpc) is 2.42. The zero-order valence-corrected chi connectivity index (χ0v) is 12.8. The Bertz CT molecular complexity index is 434. The van der Waals surface area contributed by atoms with E-state index in [0.717, 1.165) is 25.0 Å². The average molecular weight is 273 g/mol. The highest BCUT2D eigenvalue weighted by Crippen LogP contribution is 2.47. The molecule has 1 saturated carbocycles. The van der Waals surface area contributed by atoms with Gasteiger partial charge in [-0.2, -0.15) is 5.26 Å². The van der Waals surface area contributed by atoms with Gasteiger partial charge in [0, 0.05) is 4.90 Å². The number of rotatable bonds is 4. The topological polar surface area (TPSA) is 23.8 Å². The zero-order chi connectivity index (χ0) is 13.8. The molecule has 0 bridgehead atoms. The zero-order valence-electron chi connectivity index (χ0n) is 12.0. The molecule has 0 aromatic heterocycles. The van der Waals surface area contributed by atoms with Crippen molar-refractivity contribution < 1.29 is 0 Å². The largest absolute Gasteiger partial charge is 0.198 e. The van der Waals surface area contributed by atoms with Gasteiger partial charge in [-0.25, -0.2) is 0 Å². The van der Waals surface area contributed by atoms with Gasteiger partial charge < -0.3 is 0 Å². The van der Waals surface area contributed by atoms with Gasteiger partial charge in [-0.05, 0) is 55.4 Å². The van der Waals surface area contributed by atoms with Crippen LogP contribution in [0.1, 0.15) is 46.0 Å². The van der Waals surface area contributed by atoms with Crippen LogP contribution < -0.4 is 0 Å². The molecule has 0 saturated heterocycles. The fourth-order valence-corrected chi connectivity index (χ4v) is 3.78. The Kier molecular flexibility index (Phi) is 4.58. The van der Waals surface area contributed by atoms with Crippen LogP contribution in [0.25, 0.3) is 0 Å². The van der Waals surface area contributed by atoms with Gasteiger partial charge in [0.2, 0.25) is 0 Å². The third-order valence-corrected chi connectivity index (χ3v) is 5.40. The van der Waals surface area contributed by atoms with Gasteiger partial charge in [-0.15, -0.1) is 11.8 Å². The second kappa shape index (κ2) is 6.01. The fraction of sp³-hybridized carbons (Fsp3) is 0.588. The third-order valence-electron chi connectivity index (χ3n) is 4.39. The van der Waals surface area contributed by atoms with Crippen molar-refractivity contribution in [2.45, 2.75) is 50.8 Å². The quantitative estimate of drug-likeness (QED) is 0.697. The highest BCUT2D eigenvalue weighted by molar-refractivity contribution is 7.99. The van der Waals surface area contributed by atoms with Gasteiger partial charge in [-0.3, -0.25) is 0 Å². The molecule has 0 spiro atoms. The van der Waals surface area contributed by atoms with Crippen LogP contribution in [0.2, 0.25) is 0 Å². The minimum atomic E-state index is -0.0582. The molecule has 0 unspecified atom stereocenters. The van der Waals surface area contributed by atoms with E-state index in [1.807, 2.05) is 17.8 Å². The van der Waals surface area contributed by atoms with Crippen molar-refractivity contribution in [3.63, 3.8) is 0 Å². The molecule has 2 rings (SSSR count). The van der Waals surface area contributed by atoms with E-state index in [2.05, 4.69) is 44.2 Å². The number of thioether (sulfide) groups is 1. The Morgan fingerprint density at radius 1 is 1.11 bits per heavy atom. The number of nitrogens with zero attached hydrogens (tertiary/aromatic N) is 1. The van der Waals surface area contributed by atoms with Crippen molar-refractivity contribution in [1.29, 1.82) is 5.26 Å². The molecule has 0 N–H and O–H groups in total. The molecule has 0 heterocycles. The molecule has 0 amide bonds. The first-order valence-corrected chi connectivity index (χ1v) is 8.13. The number of hydrogen-bond donors (Lipinski definition) is 0. The second-order valence-corrected chi connectivity index (χ2v) is 7.64. The van der Waals surface area contributed by atoms with Gasteiger partial charge in [0.25, 0.3) is 0 Å². The smallest absolute Gasteiger partial charge is 0.0690 e. The summed E-state index contributed by atoms with van der Waals surface area (Å²) in [4.78, 5) is 1.31. The Morgan fingerprint density at radius 3 is 2.32 bits per heavy atom. The Hall–Kier alpha value is -0.940. The van der Waals surface area contributed by atoms with Gasteiger partial charge >= 0.3 is 0 Å². The molecule has 1 fully saturated rings. The summed E-state index contributed by atoms with van der Waals surface area (Å²) in [6.45, 7) is 4.65.